The minimum absolute atomic E-state index is 0.165. The zero-order valence-corrected chi connectivity index (χ0v) is 10.3. The van der Waals surface area contributed by atoms with Crippen LogP contribution in [-0.4, -0.2) is 24.0 Å². The summed E-state index contributed by atoms with van der Waals surface area (Å²) in [5.41, 5.74) is 6.26. The van der Waals surface area contributed by atoms with Crippen molar-refractivity contribution in [2.75, 3.05) is 20.0 Å². The second kappa shape index (κ2) is 4.87. The molecule has 6 nitrogen and oxygen atoms in total. The van der Waals surface area contributed by atoms with Crippen molar-refractivity contribution in [1.29, 1.82) is 0 Å². The van der Waals surface area contributed by atoms with Gasteiger partial charge >= 0.3 is 0 Å². The van der Waals surface area contributed by atoms with E-state index in [1.165, 1.54) is 10.7 Å². The van der Waals surface area contributed by atoms with Gasteiger partial charge in [0, 0.05) is 6.07 Å². The van der Waals surface area contributed by atoms with Gasteiger partial charge in [0.05, 0.1) is 20.8 Å². The summed E-state index contributed by atoms with van der Waals surface area (Å²) in [6, 6.07) is 6.83. The highest BCUT2D eigenvalue weighted by molar-refractivity contribution is 5.43. The lowest BCUT2D eigenvalue weighted by Crippen LogP contribution is -2.16. The van der Waals surface area contributed by atoms with Gasteiger partial charge in [0.2, 0.25) is 0 Å². The van der Waals surface area contributed by atoms with Gasteiger partial charge in [-0.25, -0.2) is 4.68 Å². The van der Waals surface area contributed by atoms with Crippen LogP contribution in [0.4, 0.5) is 5.82 Å². The summed E-state index contributed by atoms with van der Waals surface area (Å²) in [6.07, 6.45) is 0. The molecular weight excluding hydrogens is 234 g/mol. The van der Waals surface area contributed by atoms with Crippen molar-refractivity contribution in [2.24, 2.45) is 0 Å². The smallest absolute Gasteiger partial charge is 0.268 e. The molecule has 0 unspecified atom stereocenters. The predicted octanol–water partition coefficient (Wildman–Crippen LogP) is 0.824. The molecule has 1 aromatic heterocycles. The van der Waals surface area contributed by atoms with E-state index in [0.717, 1.165) is 5.56 Å². The summed E-state index contributed by atoms with van der Waals surface area (Å²) >= 11 is 0. The molecule has 0 radical (unpaired) electrons. The van der Waals surface area contributed by atoms with Gasteiger partial charge in [-0.2, -0.15) is 0 Å². The van der Waals surface area contributed by atoms with Gasteiger partial charge in [-0.15, -0.1) is 0 Å². The Morgan fingerprint density at radius 1 is 1.22 bits per heavy atom. The van der Waals surface area contributed by atoms with Crippen molar-refractivity contribution in [3.05, 3.63) is 40.2 Å². The van der Waals surface area contributed by atoms with E-state index in [4.69, 9.17) is 15.2 Å². The van der Waals surface area contributed by atoms with E-state index < -0.39 is 0 Å². The number of ether oxygens (including phenoxy) is 2. The maximum Gasteiger partial charge on any atom is 0.268 e. The number of benzene rings is 1. The lowest BCUT2D eigenvalue weighted by molar-refractivity contribution is 0.354. The average molecular weight is 249 g/mol. The van der Waals surface area contributed by atoms with Crippen LogP contribution >= 0.6 is 0 Å². The van der Waals surface area contributed by atoms with Crippen LogP contribution in [0.1, 0.15) is 5.56 Å². The van der Waals surface area contributed by atoms with Gasteiger partial charge in [0.25, 0.3) is 5.56 Å². The van der Waals surface area contributed by atoms with Crippen molar-refractivity contribution < 1.29 is 9.47 Å². The zero-order valence-electron chi connectivity index (χ0n) is 10.3. The molecule has 2 aromatic rings. The lowest BCUT2D eigenvalue weighted by Gasteiger charge is -2.09. The number of rotatable bonds is 4. The third kappa shape index (κ3) is 2.32. The minimum atomic E-state index is -0.165. The van der Waals surface area contributed by atoms with E-state index in [1.807, 2.05) is 12.1 Å². The molecule has 3 N–H and O–H groups in total. The monoisotopic (exact) mass is 249 g/mol. The van der Waals surface area contributed by atoms with Crippen LogP contribution in [0.25, 0.3) is 0 Å². The first-order chi connectivity index (χ1) is 8.63. The lowest BCUT2D eigenvalue weighted by atomic mass is 10.2. The number of nitrogens with two attached hydrogens (primary N) is 1. The van der Waals surface area contributed by atoms with Crippen LogP contribution in [0.5, 0.6) is 11.5 Å². The highest BCUT2D eigenvalue weighted by Gasteiger charge is 2.06. The topological polar surface area (TPSA) is 82.3 Å². The standard InChI is InChI=1S/C12H15N3O3/c1-17-9-4-3-8(5-10(9)18-2)7-15-12(16)6-11(13)14-15/h3-6,14H,7,13H2,1-2H3. The molecule has 0 amide bonds. The SMILES string of the molecule is COc1ccc(Cn2[nH]c(N)cc2=O)cc1OC. The number of nitrogen functional groups attached to an aromatic ring is 1. The molecule has 0 saturated heterocycles. The third-order valence-electron chi connectivity index (χ3n) is 2.60. The van der Waals surface area contributed by atoms with Crippen molar-refractivity contribution in [3.63, 3.8) is 0 Å². The molecule has 0 fully saturated rings. The van der Waals surface area contributed by atoms with E-state index in [0.29, 0.717) is 23.9 Å². The van der Waals surface area contributed by atoms with Crippen molar-refractivity contribution in [1.82, 2.24) is 9.78 Å². The first-order valence-electron chi connectivity index (χ1n) is 5.40. The van der Waals surface area contributed by atoms with Crippen LogP contribution in [0, 0.1) is 0 Å². The van der Waals surface area contributed by atoms with Gasteiger partial charge in [0.1, 0.15) is 5.82 Å². The molecule has 2 rings (SSSR count). The van der Waals surface area contributed by atoms with Crippen molar-refractivity contribution in [2.45, 2.75) is 6.54 Å². The Kier molecular flexibility index (Phi) is 3.27. The molecule has 18 heavy (non-hydrogen) atoms. The Balaban J connectivity index is 2.30. The van der Waals surface area contributed by atoms with E-state index in [-0.39, 0.29) is 5.56 Å². The molecule has 0 bridgehead atoms. The number of aromatic amines is 1. The quantitative estimate of drug-likeness (QED) is 0.840. The van der Waals surface area contributed by atoms with Gasteiger partial charge in [-0.05, 0) is 17.7 Å². The Morgan fingerprint density at radius 3 is 2.50 bits per heavy atom. The molecule has 6 heteroatoms. The molecule has 0 saturated carbocycles. The highest BCUT2D eigenvalue weighted by Crippen LogP contribution is 2.27. The Morgan fingerprint density at radius 2 is 1.94 bits per heavy atom. The molecule has 0 aliphatic heterocycles. The molecule has 96 valence electrons. The largest absolute Gasteiger partial charge is 0.493 e. The van der Waals surface area contributed by atoms with Crippen LogP contribution < -0.4 is 20.8 Å². The maximum atomic E-state index is 11.5. The van der Waals surface area contributed by atoms with Gasteiger partial charge < -0.3 is 15.2 Å². The predicted molar refractivity (Wildman–Crippen MR) is 68.1 cm³/mol. The zero-order chi connectivity index (χ0) is 13.1. The van der Waals surface area contributed by atoms with Gasteiger partial charge in [0.15, 0.2) is 11.5 Å². The minimum Gasteiger partial charge on any atom is -0.493 e. The van der Waals surface area contributed by atoms with Gasteiger partial charge in [-0.1, -0.05) is 6.07 Å². The highest BCUT2D eigenvalue weighted by atomic mass is 16.5. The average Bonchev–Trinajstić information content (AvgIpc) is 2.67. The maximum absolute atomic E-state index is 11.5. The number of anilines is 1. The number of methoxy groups -OCH3 is 2. The summed E-state index contributed by atoms with van der Waals surface area (Å²) in [6.45, 7) is 0.399. The summed E-state index contributed by atoms with van der Waals surface area (Å²) in [4.78, 5) is 11.5. The number of nitrogens with one attached hydrogen (secondary N) is 1. The second-order valence-corrected chi connectivity index (χ2v) is 3.83. The normalized spacial score (nSPS) is 10.3. The van der Waals surface area contributed by atoms with Crippen LogP contribution in [-0.2, 0) is 6.54 Å². The number of aromatic nitrogens is 2. The van der Waals surface area contributed by atoms with E-state index in [9.17, 15) is 4.79 Å². The first-order valence-corrected chi connectivity index (χ1v) is 5.40. The first kappa shape index (κ1) is 12.1. The summed E-state index contributed by atoms with van der Waals surface area (Å²) < 4.78 is 11.8. The number of nitrogens with zero attached hydrogens (tertiary/aromatic N) is 1. The summed E-state index contributed by atoms with van der Waals surface area (Å²) in [7, 11) is 3.15. The third-order valence-corrected chi connectivity index (χ3v) is 2.60. The Labute approximate surface area is 104 Å². The molecular formula is C12H15N3O3. The number of hydrogen-bond acceptors (Lipinski definition) is 4. The van der Waals surface area contributed by atoms with Crippen molar-refractivity contribution in [3.8, 4) is 11.5 Å². The van der Waals surface area contributed by atoms with Crippen molar-refractivity contribution >= 4 is 5.82 Å². The van der Waals surface area contributed by atoms with Crippen LogP contribution in [0.3, 0.4) is 0 Å². The molecule has 0 aliphatic rings. The van der Waals surface area contributed by atoms with Gasteiger partial charge in [-0.3, -0.25) is 9.89 Å². The summed E-state index contributed by atoms with van der Waals surface area (Å²) in [5.74, 6) is 1.63. The molecule has 0 spiro atoms. The van der Waals surface area contributed by atoms with E-state index >= 15 is 0 Å². The van der Waals surface area contributed by atoms with Crippen LogP contribution in [0.2, 0.25) is 0 Å². The van der Waals surface area contributed by atoms with E-state index in [1.54, 1.807) is 20.3 Å². The fourth-order valence-electron chi connectivity index (χ4n) is 1.73. The summed E-state index contributed by atoms with van der Waals surface area (Å²) in [5, 5.41) is 2.77. The Bertz CT molecular complexity index is 601. The molecule has 1 aromatic carbocycles. The fourth-order valence-corrected chi connectivity index (χ4v) is 1.73. The second-order valence-electron chi connectivity index (χ2n) is 3.83. The molecule has 0 atom stereocenters. The Hall–Kier alpha value is -2.37. The molecule has 0 aliphatic carbocycles. The number of H-pyrrole nitrogens is 1. The fraction of sp³-hybridized carbons (Fsp3) is 0.250. The van der Waals surface area contributed by atoms with Crippen LogP contribution in [0.15, 0.2) is 29.1 Å². The van der Waals surface area contributed by atoms with E-state index in [2.05, 4.69) is 5.10 Å². The molecule has 1 heterocycles. The number of hydrogen-bond donors (Lipinski definition) is 2.